The Bertz CT molecular complexity index is 666. The minimum atomic E-state index is -4.04. The first-order valence-corrected chi connectivity index (χ1v) is 9.86. The van der Waals surface area contributed by atoms with Gasteiger partial charge in [0.1, 0.15) is 0 Å². The summed E-state index contributed by atoms with van der Waals surface area (Å²) >= 11 is 0. The Hall–Kier alpha value is -2.26. The summed E-state index contributed by atoms with van der Waals surface area (Å²) in [4.78, 5) is 58.1. The molecule has 0 aromatic carbocycles. The summed E-state index contributed by atoms with van der Waals surface area (Å²) in [6.07, 6.45) is 5.11. The Balaban J connectivity index is 2.49. The van der Waals surface area contributed by atoms with Crippen LogP contribution < -0.4 is 0 Å². The highest BCUT2D eigenvalue weighted by Crippen LogP contribution is 2.34. The van der Waals surface area contributed by atoms with Gasteiger partial charge in [-0.3, -0.25) is 19.1 Å². The van der Waals surface area contributed by atoms with Crippen LogP contribution in [0.2, 0.25) is 0 Å². The number of rotatable bonds is 10. The van der Waals surface area contributed by atoms with Crippen molar-refractivity contribution >= 4 is 25.5 Å². The van der Waals surface area contributed by atoms with Crippen LogP contribution in [0.25, 0.3) is 0 Å². The Labute approximate surface area is 156 Å². The molecule has 1 saturated heterocycles. The number of allylic oxidation sites excluding steroid dienone is 2. The van der Waals surface area contributed by atoms with Gasteiger partial charge in [0.2, 0.25) is 0 Å². The van der Waals surface area contributed by atoms with Crippen molar-refractivity contribution in [2.24, 2.45) is 0 Å². The predicted octanol–water partition coefficient (Wildman–Crippen LogP) is 1.33. The van der Waals surface area contributed by atoms with Crippen LogP contribution in [0.5, 0.6) is 0 Å². The van der Waals surface area contributed by atoms with Crippen LogP contribution in [-0.2, 0) is 23.7 Å². The first-order chi connectivity index (χ1) is 12.6. The highest BCUT2D eigenvalue weighted by molar-refractivity contribution is 7.51. The fourth-order valence-corrected chi connectivity index (χ4v) is 2.48. The number of hydrogen-bond donors (Lipinski definition) is 2. The Morgan fingerprint density at radius 1 is 1.33 bits per heavy atom. The summed E-state index contributed by atoms with van der Waals surface area (Å²) in [5.74, 6) is -1.14. The van der Waals surface area contributed by atoms with Crippen molar-refractivity contribution in [2.45, 2.75) is 19.3 Å². The van der Waals surface area contributed by atoms with E-state index < -0.39 is 25.5 Å². The number of imide groups is 1. The minimum absolute atomic E-state index is 0.0112. The molecular weight excluding hydrogens is 379 g/mol. The summed E-state index contributed by atoms with van der Waals surface area (Å²) in [5, 5.41) is 0.456. The van der Waals surface area contributed by atoms with Gasteiger partial charge in [-0.15, -0.1) is 5.06 Å². The third-order valence-corrected chi connectivity index (χ3v) is 4.21. The van der Waals surface area contributed by atoms with Crippen molar-refractivity contribution in [2.75, 3.05) is 26.4 Å². The molecule has 150 valence electrons. The third-order valence-electron chi connectivity index (χ3n) is 3.31. The van der Waals surface area contributed by atoms with Crippen LogP contribution in [0.1, 0.15) is 19.3 Å². The topological polar surface area (TPSA) is 134 Å². The SMILES string of the molecule is C=C/C=C(\C=C/N(C)C(=O)ON1C(=O)CCC1=O)COCCCP(=O)(O)O. The third kappa shape index (κ3) is 8.78. The molecule has 27 heavy (non-hydrogen) atoms. The van der Waals surface area contributed by atoms with E-state index in [0.717, 1.165) is 4.90 Å². The van der Waals surface area contributed by atoms with Crippen molar-refractivity contribution in [1.29, 1.82) is 0 Å². The molecule has 2 N–H and O–H groups in total. The van der Waals surface area contributed by atoms with E-state index in [1.54, 1.807) is 12.2 Å². The molecule has 0 spiro atoms. The smallest absolute Gasteiger partial charge is 0.377 e. The summed E-state index contributed by atoms with van der Waals surface area (Å²) in [5.41, 5.74) is 0.633. The van der Waals surface area contributed by atoms with Gasteiger partial charge in [-0.05, 0) is 18.1 Å². The number of hydroxylamine groups is 2. The maximum absolute atomic E-state index is 11.9. The molecule has 11 heteroatoms. The molecule has 0 aromatic heterocycles. The van der Waals surface area contributed by atoms with Crippen LogP contribution in [0, 0.1) is 0 Å². The number of carbonyl (C=O) groups excluding carboxylic acids is 3. The Morgan fingerprint density at radius 3 is 2.52 bits per heavy atom. The highest BCUT2D eigenvalue weighted by Gasteiger charge is 2.33. The van der Waals surface area contributed by atoms with E-state index in [1.807, 2.05) is 0 Å². The highest BCUT2D eigenvalue weighted by atomic mass is 31.2. The lowest BCUT2D eigenvalue weighted by molar-refractivity contribution is -0.172. The Kier molecular flexibility index (Phi) is 9.10. The molecule has 3 amide bonds. The van der Waals surface area contributed by atoms with Gasteiger partial charge in [0.25, 0.3) is 11.8 Å². The fourth-order valence-electron chi connectivity index (χ4n) is 1.93. The zero-order valence-corrected chi connectivity index (χ0v) is 15.8. The first kappa shape index (κ1) is 22.8. The van der Waals surface area contributed by atoms with Gasteiger partial charge in [0, 0.05) is 32.7 Å². The van der Waals surface area contributed by atoms with Gasteiger partial charge >= 0.3 is 13.7 Å². The summed E-state index contributed by atoms with van der Waals surface area (Å²) in [6.45, 7) is 3.86. The average Bonchev–Trinajstić information content (AvgIpc) is 2.89. The van der Waals surface area contributed by atoms with Crippen molar-refractivity contribution < 1.29 is 38.3 Å². The van der Waals surface area contributed by atoms with Crippen molar-refractivity contribution in [1.82, 2.24) is 9.96 Å². The van der Waals surface area contributed by atoms with Gasteiger partial charge < -0.3 is 19.4 Å². The number of nitrogens with zero attached hydrogens (tertiary/aromatic N) is 2. The van der Waals surface area contributed by atoms with Crippen LogP contribution in [0.15, 0.2) is 36.6 Å². The number of ether oxygens (including phenoxy) is 1. The molecule has 10 nitrogen and oxygen atoms in total. The van der Waals surface area contributed by atoms with E-state index in [0.29, 0.717) is 10.6 Å². The average molecular weight is 402 g/mol. The lowest BCUT2D eigenvalue weighted by Crippen LogP contribution is -2.36. The molecule has 0 atom stereocenters. The normalized spacial score (nSPS) is 15.5. The molecule has 0 unspecified atom stereocenters. The van der Waals surface area contributed by atoms with Crippen molar-refractivity contribution in [3.8, 4) is 0 Å². The molecule has 0 aliphatic carbocycles. The molecule has 1 fully saturated rings. The van der Waals surface area contributed by atoms with E-state index in [-0.39, 0.29) is 38.6 Å². The second-order valence-corrected chi connectivity index (χ2v) is 7.41. The predicted molar refractivity (Wildman–Crippen MR) is 95.1 cm³/mol. The quantitative estimate of drug-likeness (QED) is 0.242. The number of carbonyl (C=O) groups is 3. The summed E-state index contributed by atoms with van der Waals surface area (Å²) in [7, 11) is -2.65. The second-order valence-electron chi connectivity index (χ2n) is 5.64. The molecule has 1 rings (SSSR count). The Morgan fingerprint density at radius 2 is 1.96 bits per heavy atom. The molecule has 1 aliphatic heterocycles. The van der Waals surface area contributed by atoms with Gasteiger partial charge in [0.15, 0.2) is 0 Å². The van der Waals surface area contributed by atoms with Gasteiger partial charge in [-0.1, -0.05) is 18.7 Å². The van der Waals surface area contributed by atoms with Crippen LogP contribution in [0.3, 0.4) is 0 Å². The van der Waals surface area contributed by atoms with E-state index >= 15 is 0 Å². The van der Waals surface area contributed by atoms with Crippen molar-refractivity contribution in [3.05, 3.63) is 36.6 Å². The van der Waals surface area contributed by atoms with E-state index in [9.17, 15) is 18.9 Å². The maximum atomic E-state index is 11.9. The monoisotopic (exact) mass is 402 g/mol. The number of hydrogen-bond acceptors (Lipinski definition) is 6. The molecule has 0 radical (unpaired) electrons. The maximum Gasteiger partial charge on any atom is 0.438 e. The van der Waals surface area contributed by atoms with Crippen LogP contribution >= 0.6 is 7.60 Å². The fraction of sp³-hybridized carbons (Fsp3) is 0.438. The lowest BCUT2D eigenvalue weighted by Gasteiger charge is -2.17. The largest absolute Gasteiger partial charge is 0.438 e. The first-order valence-electron chi connectivity index (χ1n) is 8.06. The van der Waals surface area contributed by atoms with Gasteiger partial charge in [-0.2, -0.15) is 0 Å². The van der Waals surface area contributed by atoms with Crippen molar-refractivity contribution in [3.63, 3.8) is 0 Å². The molecular formula is C16H23N2O8P. The summed E-state index contributed by atoms with van der Waals surface area (Å²) < 4.78 is 16.1. The van der Waals surface area contributed by atoms with E-state index in [1.165, 1.54) is 19.3 Å². The molecule has 0 aromatic rings. The molecule has 0 saturated carbocycles. The van der Waals surface area contributed by atoms with E-state index in [4.69, 9.17) is 19.4 Å². The number of amides is 3. The van der Waals surface area contributed by atoms with Gasteiger partial charge in [0.05, 0.1) is 12.8 Å². The zero-order chi connectivity index (χ0) is 20.4. The van der Waals surface area contributed by atoms with Crippen LogP contribution in [-0.4, -0.2) is 64.1 Å². The summed E-state index contributed by atoms with van der Waals surface area (Å²) in [6, 6.07) is 0. The van der Waals surface area contributed by atoms with E-state index in [2.05, 4.69) is 6.58 Å². The second kappa shape index (κ2) is 10.8. The standard InChI is InChI=1S/C16H23N2O8P/c1-3-5-13(12-25-10-4-11-27(22,23)24)8-9-17(2)16(21)26-18-14(19)6-7-15(18)20/h3,5,8-9H,1,4,6-7,10-12H2,2H3,(H2,22,23,24)/b9-8-,13-5+. The zero-order valence-electron chi connectivity index (χ0n) is 14.9. The lowest BCUT2D eigenvalue weighted by atomic mass is 10.2. The van der Waals surface area contributed by atoms with Gasteiger partial charge in [-0.25, -0.2) is 4.79 Å². The molecule has 1 heterocycles. The molecule has 0 bridgehead atoms. The van der Waals surface area contributed by atoms with Crippen LogP contribution in [0.4, 0.5) is 4.79 Å². The minimum Gasteiger partial charge on any atom is -0.377 e. The molecule has 1 aliphatic rings.